The number of carbonyl (C=O) groups excluding carboxylic acids is 1. The second-order valence-corrected chi connectivity index (χ2v) is 5.82. The molecule has 1 aromatic rings. The van der Waals surface area contributed by atoms with Gasteiger partial charge in [-0.3, -0.25) is 4.79 Å². The average Bonchev–Trinajstić information content (AvgIpc) is 3.18. The van der Waals surface area contributed by atoms with Gasteiger partial charge in [-0.15, -0.1) is 0 Å². The summed E-state index contributed by atoms with van der Waals surface area (Å²) in [7, 11) is 0. The third-order valence-electron chi connectivity index (χ3n) is 4.40. The lowest BCUT2D eigenvalue weighted by molar-refractivity contribution is -0.133. The molecule has 1 amide bonds. The molecule has 0 aliphatic carbocycles. The number of likely N-dealkylation sites (tertiary alicyclic amines) is 1. The Morgan fingerprint density at radius 1 is 1.35 bits per heavy atom. The highest BCUT2D eigenvalue weighted by Gasteiger charge is 2.25. The Labute approximate surface area is 119 Å². The molecule has 110 valence electrons. The lowest BCUT2D eigenvalue weighted by Gasteiger charge is -2.33. The maximum atomic E-state index is 12.3. The number of rotatable bonds is 4. The predicted molar refractivity (Wildman–Crippen MR) is 75.3 cm³/mol. The van der Waals surface area contributed by atoms with Crippen molar-refractivity contribution in [2.45, 2.75) is 50.7 Å². The Balaban J connectivity index is 1.49. The van der Waals surface area contributed by atoms with Crippen LogP contribution in [-0.4, -0.2) is 46.2 Å². The van der Waals surface area contributed by atoms with E-state index in [2.05, 4.69) is 9.55 Å². The zero-order chi connectivity index (χ0) is 13.8. The van der Waals surface area contributed by atoms with Crippen molar-refractivity contribution in [3.8, 4) is 0 Å². The molecule has 2 saturated heterocycles. The highest BCUT2D eigenvalue weighted by molar-refractivity contribution is 5.76. The maximum absolute atomic E-state index is 12.3. The van der Waals surface area contributed by atoms with Gasteiger partial charge in [-0.25, -0.2) is 4.98 Å². The number of hydrogen-bond donors (Lipinski definition) is 0. The smallest absolute Gasteiger partial charge is 0.222 e. The lowest BCUT2D eigenvalue weighted by Crippen LogP contribution is -2.40. The number of hydrogen-bond acceptors (Lipinski definition) is 3. The molecule has 0 spiro atoms. The van der Waals surface area contributed by atoms with Gasteiger partial charge < -0.3 is 14.2 Å². The number of imidazole rings is 1. The van der Waals surface area contributed by atoms with Crippen molar-refractivity contribution < 1.29 is 9.53 Å². The van der Waals surface area contributed by atoms with Crippen molar-refractivity contribution in [3.05, 3.63) is 18.7 Å². The summed E-state index contributed by atoms with van der Waals surface area (Å²) in [6, 6.07) is 0.387. The summed E-state index contributed by atoms with van der Waals surface area (Å²) in [4.78, 5) is 18.4. The molecule has 2 atom stereocenters. The number of aromatic nitrogens is 2. The Morgan fingerprint density at radius 2 is 2.30 bits per heavy atom. The number of piperidine rings is 1. The molecule has 3 rings (SSSR count). The van der Waals surface area contributed by atoms with Crippen LogP contribution >= 0.6 is 0 Å². The summed E-state index contributed by atoms with van der Waals surface area (Å²) in [6.07, 6.45) is 11.9. The fourth-order valence-corrected chi connectivity index (χ4v) is 3.22. The minimum atomic E-state index is 0.283. The molecule has 5 nitrogen and oxygen atoms in total. The van der Waals surface area contributed by atoms with E-state index in [9.17, 15) is 4.79 Å². The first kappa shape index (κ1) is 13.6. The standard InChI is InChI=1S/C15H23N3O2/c19-15(6-5-14-4-2-10-20-14)17-8-1-3-13(11-17)18-9-7-16-12-18/h7,9,12-14H,1-6,8,10-11H2/t13-,14+/m0/s1. The fourth-order valence-electron chi connectivity index (χ4n) is 3.22. The van der Waals surface area contributed by atoms with Gasteiger partial charge in [0.2, 0.25) is 5.91 Å². The van der Waals surface area contributed by atoms with E-state index in [1.807, 2.05) is 17.4 Å². The van der Waals surface area contributed by atoms with Crippen LogP contribution in [0.1, 0.15) is 44.6 Å². The lowest BCUT2D eigenvalue weighted by atomic mass is 10.0. The number of nitrogens with zero attached hydrogens (tertiary/aromatic N) is 3. The van der Waals surface area contributed by atoms with Crippen LogP contribution in [0, 0.1) is 0 Å². The number of carbonyl (C=O) groups is 1. The van der Waals surface area contributed by atoms with Gasteiger partial charge in [0.1, 0.15) is 0 Å². The van der Waals surface area contributed by atoms with Crippen molar-refractivity contribution in [3.63, 3.8) is 0 Å². The topological polar surface area (TPSA) is 47.4 Å². The fraction of sp³-hybridized carbons (Fsp3) is 0.733. The second kappa shape index (κ2) is 6.39. The minimum Gasteiger partial charge on any atom is -0.378 e. The Kier molecular flexibility index (Phi) is 4.35. The van der Waals surface area contributed by atoms with E-state index in [-0.39, 0.29) is 5.91 Å². The van der Waals surface area contributed by atoms with Gasteiger partial charge in [-0.05, 0) is 32.1 Å². The maximum Gasteiger partial charge on any atom is 0.222 e. The van der Waals surface area contributed by atoms with E-state index >= 15 is 0 Å². The van der Waals surface area contributed by atoms with Gasteiger partial charge in [-0.2, -0.15) is 0 Å². The third kappa shape index (κ3) is 3.20. The predicted octanol–water partition coefficient (Wildman–Crippen LogP) is 2.01. The van der Waals surface area contributed by atoms with E-state index in [0.29, 0.717) is 18.6 Å². The summed E-state index contributed by atoms with van der Waals surface area (Å²) in [6.45, 7) is 2.58. The van der Waals surface area contributed by atoms with Crippen molar-refractivity contribution in [1.82, 2.24) is 14.5 Å². The van der Waals surface area contributed by atoms with Crippen molar-refractivity contribution in [2.24, 2.45) is 0 Å². The van der Waals surface area contributed by atoms with Gasteiger partial charge >= 0.3 is 0 Å². The zero-order valence-corrected chi connectivity index (χ0v) is 11.9. The van der Waals surface area contributed by atoms with Crippen molar-refractivity contribution in [1.29, 1.82) is 0 Å². The third-order valence-corrected chi connectivity index (χ3v) is 4.40. The van der Waals surface area contributed by atoms with Crippen LogP contribution in [0.5, 0.6) is 0 Å². The van der Waals surface area contributed by atoms with Gasteiger partial charge in [0.25, 0.3) is 0 Å². The Hall–Kier alpha value is -1.36. The summed E-state index contributed by atoms with van der Waals surface area (Å²) < 4.78 is 7.71. The summed E-state index contributed by atoms with van der Waals surface area (Å²) >= 11 is 0. The van der Waals surface area contributed by atoms with E-state index in [1.54, 1.807) is 6.20 Å². The largest absolute Gasteiger partial charge is 0.378 e. The minimum absolute atomic E-state index is 0.283. The summed E-state index contributed by atoms with van der Waals surface area (Å²) in [5.41, 5.74) is 0. The summed E-state index contributed by atoms with van der Waals surface area (Å²) in [5, 5.41) is 0. The van der Waals surface area contributed by atoms with Gasteiger partial charge in [-0.1, -0.05) is 0 Å². The molecule has 0 saturated carbocycles. The number of ether oxygens (including phenoxy) is 1. The van der Waals surface area contributed by atoms with Crippen LogP contribution in [0.25, 0.3) is 0 Å². The first-order valence-electron chi connectivity index (χ1n) is 7.70. The normalized spacial score (nSPS) is 26.9. The van der Waals surface area contributed by atoms with Crippen LogP contribution in [-0.2, 0) is 9.53 Å². The number of amides is 1. The van der Waals surface area contributed by atoms with Gasteiger partial charge in [0.05, 0.1) is 18.5 Å². The highest BCUT2D eigenvalue weighted by Crippen LogP contribution is 2.23. The molecule has 2 fully saturated rings. The molecule has 0 bridgehead atoms. The van der Waals surface area contributed by atoms with E-state index in [0.717, 1.165) is 51.8 Å². The van der Waals surface area contributed by atoms with Crippen LogP contribution in [0.15, 0.2) is 18.7 Å². The van der Waals surface area contributed by atoms with Crippen LogP contribution in [0.2, 0.25) is 0 Å². The van der Waals surface area contributed by atoms with E-state index < -0.39 is 0 Å². The second-order valence-electron chi connectivity index (χ2n) is 5.82. The van der Waals surface area contributed by atoms with Gasteiger partial charge in [0, 0.05) is 38.5 Å². The van der Waals surface area contributed by atoms with E-state index in [1.165, 1.54) is 0 Å². The Morgan fingerprint density at radius 3 is 3.05 bits per heavy atom. The van der Waals surface area contributed by atoms with Crippen LogP contribution in [0.4, 0.5) is 0 Å². The Bertz CT molecular complexity index is 426. The average molecular weight is 277 g/mol. The SMILES string of the molecule is O=C(CC[C@H]1CCCO1)N1CCC[C@H](n2ccnc2)C1. The first-order chi connectivity index (χ1) is 9.83. The quantitative estimate of drug-likeness (QED) is 0.845. The molecule has 3 heterocycles. The molecular formula is C15H23N3O2. The zero-order valence-electron chi connectivity index (χ0n) is 11.9. The highest BCUT2D eigenvalue weighted by atomic mass is 16.5. The molecular weight excluding hydrogens is 254 g/mol. The molecule has 0 radical (unpaired) electrons. The van der Waals surface area contributed by atoms with Crippen molar-refractivity contribution in [2.75, 3.05) is 19.7 Å². The molecule has 1 aromatic heterocycles. The van der Waals surface area contributed by atoms with Crippen molar-refractivity contribution >= 4 is 5.91 Å². The first-order valence-corrected chi connectivity index (χ1v) is 7.70. The molecule has 2 aliphatic rings. The molecule has 2 aliphatic heterocycles. The molecule has 0 aromatic carbocycles. The molecule has 20 heavy (non-hydrogen) atoms. The van der Waals surface area contributed by atoms with Crippen LogP contribution in [0.3, 0.4) is 0 Å². The van der Waals surface area contributed by atoms with E-state index in [4.69, 9.17) is 4.74 Å². The van der Waals surface area contributed by atoms with Gasteiger partial charge in [0.15, 0.2) is 0 Å². The molecule has 0 unspecified atom stereocenters. The summed E-state index contributed by atoms with van der Waals surface area (Å²) in [5.74, 6) is 0.283. The molecule has 0 N–H and O–H groups in total. The van der Waals surface area contributed by atoms with Crippen LogP contribution < -0.4 is 0 Å². The monoisotopic (exact) mass is 277 g/mol. The molecule has 5 heteroatoms.